The highest BCUT2D eigenvalue weighted by atomic mass is 79.9. The Labute approximate surface area is 132 Å². The molecule has 0 unspecified atom stereocenters. The van der Waals surface area contributed by atoms with E-state index in [1.54, 1.807) is 12.1 Å². The van der Waals surface area contributed by atoms with Crippen molar-refractivity contribution in [1.29, 1.82) is 0 Å². The SMILES string of the molecule is Oc1cc(Br)ccc1-c1nc(C2CCCCCCC2)no1. The highest BCUT2D eigenvalue weighted by molar-refractivity contribution is 9.10. The van der Waals surface area contributed by atoms with Crippen molar-refractivity contribution in [3.8, 4) is 17.2 Å². The van der Waals surface area contributed by atoms with Crippen molar-refractivity contribution in [2.75, 3.05) is 0 Å². The molecule has 5 heteroatoms. The molecule has 0 radical (unpaired) electrons. The summed E-state index contributed by atoms with van der Waals surface area (Å²) in [6, 6.07) is 5.28. The summed E-state index contributed by atoms with van der Waals surface area (Å²) in [5.74, 6) is 1.73. The predicted molar refractivity (Wildman–Crippen MR) is 84.2 cm³/mol. The molecule has 3 rings (SSSR count). The summed E-state index contributed by atoms with van der Waals surface area (Å²) in [5, 5.41) is 14.1. The van der Waals surface area contributed by atoms with E-state index >= 15 is 0 Å². The predicted octanol–water partition coefficient (Wildman–Crippen LogP) is 5.03. The van der Waals surface area contributed by atoms with E-state index in [1.165, 1.54) is 32.1 Å². The molecule has 21 heavy (non-hydrogen) atoms. The van der Waals surface area contributed by atoms with Crippen LogP contribution in [0.2, 0.25) is 0 Å². The smallest absolute Gasteiger partial charge is 0.261 e. The molecule has 1 fully saturated rings. The number of halogens is 1. The molecule has 2 aromatic rings. The molecular formula is C16H19BrN2O2. The van der Waals surface area contributed by atoms with E-state index in [2.05, 4.69) is 26.1 Å². The number of hydrogen-bond donors (Lipinski definition) is 1. The van der Waals surface area contributed by atoms with Crippen LogP contribution in [0.5, 0.6) is 5.75 Å². The molecule has 0 spiro atoms. The molecule has 0 bridgehead atoms. The van der Waals surface area contributed by atoms with Crippen LogP contribution < -0.4 is 0 Å². The van der Waals surface area contributed by atoms with Gasteiger partial charge in [0.2, 0.25) is 0 Å². The third-order valence-electron chi connectivity index (χ3n) is 4.10. The molecule has 1 aromatic carbocycles. The fraction of sp³-hybridized carbons (Fsp3) is 0.500. The standard InChI is InChI=1S/C16H19BrN2O2/c17-12-8-9-13(14(20)10-12)16-18-15(19-21-16)11-6-4-2-1-3-5-7-11/h8-11,20H,1-7H2. The maximum absolute atomic E-state index is 9.99. The van der Waals surface area contributed by atoms with Gasteiger partial charge < -0.3 is 9.63 Å². The Hall–Kier alpha value is -1.36. The lowest BCUT2D eigenvalue weighted by molar-refractivity contribution is 0.391. The Morgan fingerprint density at radius 1 is 1.10 bits per heavy atom. The molecule has 1 aliphatic rings. The molecule has 0 saturated heterocycles. The van der Waals surface area contributed by atoms with Gasteiger partial charge >= 0.3 is 0 Å². The van der Waals surface area contributed by atoms with Gasteiger partial charge in [-0.25, -0.2) is 0 Å². The summed E-state index contributed by atoms with van der Waals surface area (Å²) >= 11 is 3.33. The average molecular weight is 351 g/mol. The molecule has 4 nitrogen and oxygen atoms in total. The van der Waals surface area contributed by atoms with Gasteiger partial charge in [0.1, 0.15) is 5.75 Å². The zero-order valence-corrected chi connectivity index (χ0v) is 13.5. The molecule has 0 aliphatic heterocycles. The van der Waals surface area contributed by atoms with Crippen LogP contribution in [-0.4, -0.2) is 15.2 Å². The van der Waals surface area contributed by atoms with Crippen molar-refractivity contribution in [2.24, 2.45) is 0 Å². The second-order valence-corrected chi connectivity index (χ2v) is 6.58. The van der Waals surface area contributed by atoms with Crippen LogP contribution in [0.1, 0.15) is 56.7 Å². The second kappa shape index (κ2) is 6.60. The molecule has 1 N–H and O–H groups in total. The Morgan fingerprint density at radius 3 is 2.52 bits per heavy atom. The molecule has 1 aromatic heterocycles. The van der Waals surface area contributed by atoms with Crippen molar-refractivity contribution in [1.82, 2.24) is 10.1 Å². The van der Waals surface area contributed by atoms with Crippen LogP contribution >= 0.6 is 15.9 Å². The van der Waals surface area contributed by atoms with E-state index in [0.717, 1.165) is 23.1 Å². The van der Waals surface area contributed by atoms with Gasteiger partial charge in [0, 0.05) is 10.4 Å². The minimum atomic E-state index is 0.150. The van der Waals surface area contributed by atoms with Gasteiger partial charge in [0.05, 0.1) is 5.56 Å². The first-order chi connectivity index (χ1) is 10.2. The zero-order valence-electron chi connectivity index (χ0n) is 11.9. The van der Waals surface area contributed by atoms with Gasteiger partial charge in [-0.2, -0.15) is 4.98 Å². The topological polar surface area (TPSA) is 59.2 Å². The lowest BCUT2D eigenvalue weighted by Crippen LogP contribution is -2.04. The van der Waals surface area contributed by atoms with E-state index in [0.29, 0.717) is 17.4 Å². The van der Waals surface area contributed by atoms with Crippen LogP contribution in [0, 0.1) is 0 Å². The lowest BCUT2D eigenvalue weighted by atomic mass is 9.91. The third-order valence-corrected chi connectivity index (χ3v) is 4.60. The van der Waals surface area contributed by atoms with Crippen LogP contribution in [-0.2, 0) is 0 Å². The van der Waals surface area contributed by atoms with Crippen molar-refractivity contribution < 1.29 is 9.63 Å². The van der Waals surface area contributed by atoms with E-state index in [4.69, 9.17) is 4.52 Å². The number of nitrogens with zero attached hydrogens (tertiary/aromatic N) is 2. The van der Waals surface area contributed by atoms with Crippen LogP contribution in [0.3, 0.4) is 0 Å². The lowest BCUT2D eigenvalue weighted by Gasteiger charge is -2.15. The Morgan fingerprint density at radius 2 is 1.81 bits per heavy atom. The van der Waals surface area contributed by atoms with Gasteiger partial charge in [0.15, 0.2) is 5.82 Å². The highest BCUT2D eigenvalue weighted by Gasteiger charge is 2.21. The van der Waals surface area contributed by atoms with Gasteiger partial charge in [-0.05, 0) is 31.0 Å². The Bertz CT molecular complexity index is 604. The number of rotatable bonds is 2. The molecule has 1 aliphatic carbocycles. The summed E-state index contributed by atoms with van der Waals surface area (Å²) < 4.78 is 6.18. The first kappa shape index (κ1) is 14.6. The van der Waals surface area contributed by atoms with Crippen molar-refractivity contribution in [2.45, 2.75) is 50.9 Å². The first-order valence-corrected chi connectivity index (χ1v) is 8.36. The molecule has 112 valence electrons. The Balaban J connectivity index is 1.81. The molecule has 0 atom stereocenters. The number of hydrogen-bond acceptors (Lipinski definition) is 4. The summed E-state index contributed by atoms with van der Waals surface area (Å²) in [6.45, 7) is 0. The second-order valence-electron chi connectivity index (χ2n) is 5.66. The van der Waals surface area contributed by atoms with E-state index < -0.39 is 0 Å². The summed E-state index contributed by atoms with van der Waals surface area (Å²) in [7, 11) is 0. The minimum absolute atomic E-state index is 0.150. The summed E-state index contributed by atoms with van der Waals surface area (Å²) in [4.78, 5) is 4.51. The summed E-state index contributed by atoms with van der Waals surface area (Å²) in [5.41, 5.74) is 0.586. The fourth-order valence-corrected chi connectivity index (χ4v) is 3.26. The van der Waals surface area contributed by atoms with Crippen LogP contribution in [0.25, 0.3) is 11.5 Å². The maximum atomic E-state index is 9.99. The average Bonchev–Trinajstić information content (AvgIpc) is 2.87. The zero-order chi connectivity index (χ0) is 14.7. The Kier molecular flexibility index (Phi) is 4.58. The monoisotopic (exact) mass is 350 g/mol. The van der Waals surface area contributed by atoms with Gasteiger partial charge in [-0.15, -0.1) is 0 Å². The molecule has 1 saturated carbocycles. The van der Waals surface area contributed by atoms with Crippen molar-refractivity contribution in [3.63, 3.8) is 0 Å². The van der Waals surface area contributed by atoms with Crippen molar-refractivity contribution in [3.05, 3.63) is 28.5 Å². The number of aromatic hydroxyl groups is 1. The number of aromatic nitrogens is 2. The number of benzene rings is 1. The summed E-state index contributed by atoms with van der Waals surface area (Å²) in [6.07, 6.45) is 8.67. The molecule has 0 amide bonds. The molecular weight excluding hydrogens is 332 g/mol. The van der Waals surface area contributed by atoms with Crippen LogP contribution in [0.4, 0.5) is 0 Å². The van der Waals surface area contributed by atoms with Crippen LogP contribution in [0.15, 0.2) is 27.2 Å². The van der Waals surface area contributed by atoms with E-state index in [9.17, 15) is 5.11 Å². The quantitative estimate of drug-likeness (QED) is 0.824. The van der Waals surface area contributed by atoms with E-state index in [-0.39, 0.29) is 5.75 Å². The highest BCUT2D eigenvalue weighted by Crippen LogP contribution is 2.33. The minimum Gasteiger partial charge on any atom is -0.507 e. The van der Waals surface area contributed by atoms with Crippen molar-refractivity contribution >= 4 is 15.9 Å². The largest absolute Gasteiger partial charge is 0.507 e. The fourth-order valence-electron chi connectivity index (χ4n) is 2.91. The normalized spacial score (nSPS) is 17.4. The third kappa shape index (κ3) is 3.46. The van der Waals surface area contributed by atoms with Gasteiger partial charge in [-0.3, -0.25) is 0 Å². The number of phenols is 1. The van der Waals surface area contributed by atoms with E-state index in [1.807, 2.05) is 6.07 Å². The first-order valence-electron chi connectivity index (χ1n) is 7.56. The maximum Gasteiger partial charge on any atom is 0.261 e. The van der Waals surface area contributed by atoms with Gasteiger partial charge in [0.25, 0.3) is 5.89 Å². The molecule has 1 heterocycles. The van der Waals surface area contributed by atoms with Gasteiger partial charge in [-0.1, -0.05) is 53.2 Å². The number of phenolic OH excluding ortho intramolecular Hbond substituents is 1.